The van der Waals surface area contributed by atoms with Crippen LogP contribution in [0.25, 0.3) is 0 Å². The summed E-state index contributed by atoms with van der Waals surface area (Å²) < 4.78 is 0. The summed E-state index contributed by atoms with van der Waals surface area (Å²) in [5.41, 5.74) is 1.34. The predicted octanol–water partition coefficient (Wildman–Crippen LogP) is 1.78. The number of aromatic nitrogens is 4. The predicted molar refractivity (Wildman–Crippen MR) is 92.3 cm³/mol. The first-order valence-corrected chi connectivity index (χ1v) is 9.08. The number of hydrogen-bond acceptors (Lipinski definition) is 5. The summed E-state index contributed by atoms with van der Waals surface area (Å²) in [6, 6.07) is 10.5. The Morgan fingerprint density at radius 3 is 2.88 bits per heavy atom. The molecule has 0 radical (unpaired) electrons. The summed E-state index contributed by atoms with van der Waals surface area (Å²) in [5, 5.41) is 14.3. The van der Waals surface area contributed by atoms with Crippen molar-refractivity contribution in [2.24, 2.45) is 5.92 Å². The molecule has 2 aliphatic heterocycles. The van der Waals surface area contributed by atoms with Crippen molar-refractivity contribution < 1.29 is 4.79 Å². The van der Waals surface area contributed by atoms with Gasteiger partial charge < -0.3 is 4.90 Å². The van der Waals surface area contributed by atoms with E-state index in [4.69, 9.17) is 0 Å². The molecule has 2 unspecified atom stereocenters. The van der Waals surface area contributed by atoms with Crippen LogP contribution in [0, 0.1) is 5.92 Å². The van der Waals surface area contributed by atoms with Gasteiger partial charge in [-0.3, -0.25) is 9.69 Å². The van der Waals surface area contributed by atoms with E-state index in [1.54, 1.807) is 0 Å². The SMILES string of the molecule is O=C(CC1CCN(Cc2ccccc2)C1)N1CCCC1c1nn[nH]n1. The van der Waals surface area contributed by atoms with Gasteiger partial charge in [-0.05, 0) is 37.3 Å². The molecule has 25 heavy (non-hydrogen) atoms. The Kier molecular flexibility index (Phi) is 4.74. The highest BCUT2D eigenvalue weighted by Gasteiger charge is 2.34. The van der Waals surface area contributed by atoms with Gasteiger partial charge in [-0.1, -0.05) is 35.5 Å². The number of nitrogens with zero attached hydrogens (tertiary/aromatic N) is 5. The quantitative estimate of drug-likeness (QED) is 0.897. The molecule has 132 valence electrons. The van der Waals surface area contributed by atoms with Crippen molar-refractivity contribution in [3.8, 4) is 0 Å². The molecule has 1 amide bonds. The fourth-order valence-electron chi connectivity index (χ4n) is 4.07. The van der Waals surface area contributed by atoms with Crippen LogP contribution in [0.15, 0.2) is 30.3 Å². The summed E-state index contributed by atoms with van der Waals surface area (Å²) in [7, 11) is 0. The summed E-state index contributed by atoms with van der Waals surface area (Å²) in [6.45, 7) is 3.85. The Bertz CT molecular complexity index is 689. The fraction of sp³-hybridized carbons (Fsp3) is 0.556. The third kappa shape index (κ3) is 3.71. The van der Waals surface area contributed by atoms with Gasteiger partial charge >= 0.3 is 0 Å². The van der Waals surface area contributed by atoms with Crippen molar-refractivity contribution in [1.82, 2.24) is 30.4 Å². The number of rotatable bonds is 5. The van der Waals surface area contributed by atoms with Gasteiger partial charge in [-0.2, -0.15) is 5.21 Å². The van der Waals surface area contributed by atoms with Gasteiger partial charge in [0.15, 0.2) is 5.82 Å². The molecule has 2 atom stereocenters. The van der Waals surface area contributed by atoms with Gasteiger partial charge in [0.1, 0.15) is 0 Å². The van der Waals surface area contributed by atoms with E-state index < -0.39 is 0 Å². The minimum atomic E-state index is -0.00641. The molecule has 2 saturated heterocycles. The molecule has 2 aliphatic rings. The second-order valence-electron chi connectivity index (χ2n) is 7.09. The number of aromatic amines is 1. The first kappa shape index (κ1) is 16.2. The number of H-pyrrole nitrogens is 1. The molecule has 0 saturated carbocycles. The molecule has 0 bridgehead atoms. The standard InChI is InChI=1S/C18H24N6O/c25-17(24-9-4-7-16(24)18-19-21-22-20-18)11-15-8-10-23(13-15)12-14-5-2-1-3-6-14/h1-3,5-6,15-16H,4,7-13H2,(H,19,20,21,22). The highest BCUT2D eigenvalue weighted by molar-refractivity contribution is 5.77. The minimum Gasteiger partial charge on any atom is -0.332 e. The van der Waals surface area contributed by atoms with Crippen molar-refractivity contribution in [3.63, 3.8) is 0 Å². The second kappa shape index (κ2) is 7.31. The topological polar surface area (TPSA) is 78.0 Å². The maximum atomic E-state index is 12.8. The van der Waals surface area contributed by atoms with Crippen LogP contribution < -0.4 is 0 Å². The van der Waals surface area contributed by atoms with Crippen molar-refractivity contribution in [3.05, 3.63) is 41.7 Å². The van der Waals surface area contributed by atoms with Crippen molar-refractivity contribution in [1.29, 1.82) is 0 Å². The summed E-state index contributed by atoms with van der Waals surface area (Å²) in [5.74, 6) is 1.32. The van der Waals surface area contributed by atoms with E-state index in [0.717, 1.165) is 45.4 Å². The lowest BCUT2D eigenvalue weighted by atomic mass is 10.0. The van der Waals surface area contributed by atoms with Crippen LogP contribution >= 0.6 is 0 Å². The molecule has 0 aliphatic carbocycles. The number of amides is 1. The van der Waals surface area contributed by atoms with E-state index in [2.05, 4.69) is 49.8 Å². The number of tetrazole rings is 1. The Balaban J connectivity index is 1.31. The van der Waals surface area contributed by atoms with E-state index in [-0.39, 0.29) is 11.9 Å². The van der Waals surface area contributed by atoms with Gasteiger partial charge in [0, 0.05) is 26.1 Å². The van der Waals surface area contributed by atoms with E-state index in [9.17, 15) is 4.79 Å². The van der Waals surface area contributed by atoms with Crippen LogP contribution in [-0.2, 0) is 11.3 Å². The van der Waals surface area contributed by atoms with Gasteiger partial charge in [0.25, 0.3) is 0 Å². The first-order chi connectivity index (χ1) is 12.3. The number of carbonyl (C=O) groups excluding carboxylic acids is 1. The third-order valence-electron chi connectivity index (χ3n) is 5.32. The molecule has 1 N–H and O–H groups in total. The van der Waals surface area contributed by atoms with Gasteiger partial charge in [0.2, 0.25) is 5.91 Å². The second-order valence-corrected chi connectivity index (χ2v) is 7.09. The zero-order valence-electron chi connectivity index (χ0n) is 14.3. The molecule has 7 nitrogen and oxygen atoms in total. The Hall–Kier alpha value is -2.28. The van der Waals surface area contributed by atoms with Gasteiger partial charge in [-0.15, -0.1) is 10.2 Å². The fourth-order valence-corrected chi connectivity index (χ4v) is 4.07. The van der Waals surface area contributed by atoms with Crippen molar-refractivity contribution in [2.45, 2.75) is 38.3 Å². The Morgan fingerprint density at radius 1 is 1.20 bits per heavy atom. The largest absolute Gasteiger partial charge is 0.332 e. The van der Waals surface area contributed by atoms with E-state index in [0.29, 0.717) is 18.2 Å². The zero-order valence-corrected chi connectivity index (χ0v) is 14.3. The van der Waals surface area contributed by atoms with Crippen LogP contribution in [0.2, 0.25) is 0 Å². The monoisotopic (exact) mass is 340 g/mol. The van der Waals surface area contributed by atoms with Crippen molar-refractivity contribution in [2.75, 3.05) is 19.6 Å². The Labute approximate surface area is 147 Å². The molecule has 3 heterocycles. The highest BCUT2D eigenvalue weighted by Crippen LogP contribution is 2.31. The lowest BCUT2D eigenvalue weighted by molar-refractivity contribution is -0.133. The van der Waals surface area contributed by atoms with Crippen LogP contribution in [0.1, 0.15) is 43.1 Å². The van der Waals surface area contributed by atoms with Crippen molar-refractivity contribution >= 4 is 5.91 Å². The summed E-state index contributed by atoms with van der Waals surface area (Å²) >= 11 is 0. The van der Waals surface area contributed by atoms with Crippen LogP contribution in [-0.4, -0.2) is 56.0 Å². The lowest BCUT2D eigenvalue weighted by Crippen LogP contribution is -2.33. The molecule has 7 heteroatoms. The number of likely N-dealkylation sites (tertiary alicyclic amines) is 2. The van der Waals surface area contributed by atoms with E-state index in [1.165, 1.54) is 5.56 Å². The molecule has 1 aromatic carbocycles. The smallest absolute Gasteiger partial charge is 0.223 e. The molecule has 4 rings (SSSR count). The number of hydrogen-bond donors (Lipinski definition) is 1. The molecule has 2 aromatic rings. The normalized spacial score (nSPS) is 24.1. The highest BCUT2D eigenvalue weighted by atomic mass is 16.2. The molecule has 1 aromatic heterocycles. The van der Waals surface area contributed by atoms with Crippen LogP contribution in [0.3, 0.4) is 0 Å². The maximum Gasteiger partial charge on any atom is 0.223 e. The van der Waals surface area contributed by atoms with Gasteiger partial charge in [-0.25, -0.2) is 0 Å². The zero-order chi connectivity index (χ0) is 17.1. The van der Waals surface area contributed by atoms with Gasteiger partial charge in [0.05, 0.1) is 6.04 Å². The summed E-state index contributed by atoms with van der Waals surface area (Å²) in [4.78, 5) is 17.2. The first-order valence-electron chi connectivity index (χ1n) is 9.08. The van der Waals surface area contributed by atoms with E-state index >= 15 is 0 Å². The number of nitrogens with one attached hydrogen (secondary N) is 1. The summed E-state index contributed by atoms with van der Waals surface area (Å²) in [6.07, 6.45) is 3.66. The average Bonchev–Trinajstić information content (AvgIpc) is 3.37. The minimum absolute atomic E-state index is 0.00641. The number of carbonyl (C=O) groups is 1. The molecular weight excluding hydrogens is 316 g/mol. The third-order valence-corrected chi connectivity index (χ3v) is 5.32. The average molecular weight is 340 g/mol. The van der Waals surface area contributed by atoms with E-state index in [1.807, 2.05) is 11.0 Å². The Morgan fingerprint density at radius 2 is 2.08 bits per heavy atom. The molecule has 0 spiro atoms. The van der Waals surface area contributed by atoms with Crippen LogP contribution in [0.4, 0.5) is 0 Å². The molecular formula is C18H24N6O. The molecule has 2 fully saturated rings. The van der Waals surface area contributed by atoms with Crippen LogP contribution in [0.5, 0.6) is 0 Å². The maximum absolute atomic E-state index is 12.8. The number of benzene rings is 1. The lowest BCUT2D eigenvalue weighted by Gasteiger charge is -2.24.